The van der Waals surface area contributed by atoms with Gasteiger partial charge in [0.05, 0.1) is 11.0 Å². The first kappa shape index (κ1) is 20.9. The van der Waals surface area contributed by atoms with Gasteiger partial charge < -0.3 is 33.6 Å². The maximum absolute atomic E-state index is 5.35. The molecule has 0 fully saturated rings. The summed E-state index contributed by atoms with van der Waals surface area (Å²) in [5, 5.41) is 8.90. The highest BCUT2D eigenvalue weighted by Gasteiger charge is 2.09. The summed E-state index contributed by atoms with van der Waals surface area (Å²) < 4.78 is 0. The lowest BCUT2D eigenvalue weighted by Gasteiger charge is -2.13. The minimum absolute atomic E-state index is 0.113. The van der Waals surface area contributed by atoms with Crippen LogP contribution in [0.3, 0.4) is 0 Å². The third-order valence-corrected chi connectivity index (χ3v) is 4.51. The van der Waals surface area contributed by atoms with E-state index in [-0.39, 0.29) is 11.9 Å². The standard InChI is InChI=1S/C20H28N10/c21-19(22)29-9-1-7-25-15-5-11-27-17-13(15)3-4-14-16(6-12-28-18(14)17)26-8-2-10-30-20(23)24/h3-6,11-12H,1-2,7-10H2,(H,25,27)(H,26,28)(H4,21,22,29)(H4,23,24,30). The Bertz CT molecular complexity index is 967. The number of guanidine groups is 2. The molecule has 0 unspecified atom stereocenters. The summed E-state index contributed by atoms with van der Waals surface area (Å²) >= 11 is 0. The average molecular weight is 409 g/mol. The molecule has 3 rings (SSSR count). The lowest BCUT2D eigenvalue weighted by atomic mass is 10.1. The number of rotatable bonds is 10. The van der Waals surface area contributed by atoms with Crippen LogP contribution >= 0.6 is 0 Å². The molecule has 0 aliphatic rings. The molecular formula is C20H28N10. The third-order valence-electron chi connectivity index (χ3n) is 4.51. The van der Waals surface area contributed by atoms with Crippen molar-refractivity contribution in [2.75, 3.05) is 36.8 Å². The molecule has 0 amide bonds. The molecule has 10 nitrogen and oxygen atoms in total. The van der Waals surface area contributed by atoms with E-state index in [1.54, 1.807) is 12.4 Å². The molecule has 0 bridgehead atoms. The van der Waals surface area contributed by atoms with Crippen LogP contribution in [0, 0.1) is 0 Å². The smallest absolute Gasteiger partial charge is 0.185 e. The zero-order valence-corrected chi connectivity index (χ0v) is 16.8. The van der Waals surface area contributed by atoms with E-state index < -0.39 is 0 Å². The van der Waals surface area contributed by atoms with Crippen molar-refractivity contribution in [3.05, 3.63) is 36.7 Å². The third kappa shape index (κ3) is 5.37. The predicted molar refractivity (Wildman–Crippen MR) is 125 cm³/mol. The average Bonchev–Trinajstić information content (AvgIpc) is 2.72. The fourth-order valence-corrected chi connectivity index (χ4v) is 3.16. The predicted octanol–water partition coefficient (Wildman–Crippen LogP) is 0.934. The molecule has 10 N–H and O–H groups in total. The van der Waals surface area contributed by atoms with Crippen LogP contribution in [-0.4, -0.2) is 48.1 Å². The zero-order chi connectivity index (χ0) is 21.3. The lowest BCUT2D eigenvalue weighted by molar-refractivity contribution is 0.872. The van der Waals surface area contributed by atoms with E-state index in [0.29, 0.717) is 13.1 Å². The largest absolute Gasteiger partial charge is 0.384 e. The summed E-state index contributed by atoms with van der Waals surface area (Å²) in [6, 6.07) is 8.05. The van der Waals surface area contributed by atoms with Crippen molar-refractivity contribution in [3.8, 4) is 0 Å². The van der Waals surface area contributed by atoms with Crippen LogP contribution in [0.4, 0.5) is 11.4 Å². The van der Waals surface area contributed by atoms with Crippen molar-refractivity contribution in [2.45, 2.75) is 12.8 Å². The van der Waals surface area contributed by atoms with Crippen LogP contribution in [0.25, 0.3) is 21.8 Å². The van der Waals surface area contributed by atoms with Crippen molar-refractivity contribution in [1.82, 2.24) is 9.97 Å². The number of hydrogen-bond donors (Lipinski definition) is 6. The molecule has 0 aliphatic heterocycles. The van der Waals surface area contributed by atoms with E-state index in [9.17, 15) is 0 Å². The van der Waals surface area contributed by atoms with Gasteiger partial charge in [0.25, 0.3) is 0 Å². The van der Waals surface area contributed by atoms with Crippen molar-refractivity contribution >= 4 is 45.1 Å². The van der Waals surface area contributed by atoms with Crippen LogP contribution in [-0.2, 0) is 0 Å². The number of aromatic nitrogens is 2. The molecule has 0 saturated carbocycles. The van der Waals surface area contributed by atoms with E-state index in [4.69, 9.17) is 22.9 Å². The van der Waals surface area contributed by atoms with Crippen molar-refractivity contribution < 1.29 is 0 Å². The first-order valence-electron chi connectivity index (χ1n) is 9.81. The minimum Gasteiger partial charge on any atom is -0.384 e. The molecule has 0 atom stereocenters. The topological polar surface area (TPSA) is 179 Å². The Labute approximate surface area is 174 Å². The van der Waals surface area contributed by atoms with Crippen LogP contribution in [0.1, 0.15) is 12.8 Å². The molecule has 1 aromatic carbocycles. The first-order valence-corrected chi connectivity index (χ1v) is 9.81. The van der Waals surface area contributed by atoms with Gasteiger partial charge in [-0.3, -0.25) is 20.0 Å². The van der Waals surface area contributed by atoms with Gasteiger partial charge >= 0.3 is 0 Å². The summed E-state index contributed by atoms with van der Waals surface area (Å²) in [5.74, 6) is 0.227. The van der Waals surface area contributed by atoms with E-state index in [1.807, 2.05) is 12.1 Å². The maximum Gasteiger partial charge on any atom is 0.185 e. The fraction of sp³-hybridized carbons (Fsp3) is 0.300. The fourth-order valence-electron chi connectivity index (χ4n) is 3.16. The Morgan fingerprint density at radius 3 is 1.53 bits per heavy atom. The molecule has 0 spiro atoms. The Hall–Kier alpha value is -3.82. The van der Waals surface area contributed by atoms with Crippen LogP contribution in [0.15, 0.2) is 46.6 Å². The molecule has 3 aromatic rings. The quantitative estimate of drug-likeness (QED) is 0.124. The van der Waals surface area contributed by atoms with Crippen molar-refractivity contribution in [2.24, 2.45) is 32.9 Å². The van der Waals surface area contributed by atoms with Gasteiger partial charge in [-0.25, -0.2) is 0 Å². The summed E-state index contributed by atoms with van der Waals surface area (Å²) in [7, 11) is 0. The van der Waals surface area contributed by atoms with E-state index in [1.165, 1.54) is 0 Å². The summed E-state index contributed by atoms with van der Waals surface area (Å²) in [6.45, 7) is 2.67. The van der Waals surface area contributed by atoms with E-state index in [0.717, 1.165) is 59.1 Å². The number of fused-ring (bicyclic) bond motifs is 3. The number of nitrogens with two attached hydrogens (primary N) is 4. The Kier molecular flexibility index (Phi) is 7.04. The van der Waals surface area contributed by atoms with Gasteiger partial charge in [0.15, 0.2) is 11.9 Å². The van der Waals surface area contributed by atoms with Gasteiger partial charge in [-0.2, -0.15) is 0 Å². The van der Waals surface area contributed by atoms with E-state index >= 15 is 0 Å². The number of aliphatic imine (C=N–C) groups is 2. The summed E-state index contributed by atoms with van der Waals surface area (Å²) in [4.78, 5) is 17.1. The van der Waals surface area contributed by atoms with Crippen molar-refractivity contribution in [1.29, 1.82) is 0 Å². The molecule has 0 aliphatic carbocycles. The number of anilines is 2. The SMILES string of the molecule is NC(N)=NCCCNc1ccnc2c1ccc1c(NCCCN=C(N)N)ccnc12. The Morgan fingerprint density at radius 1 is 0.700 bits per heavy atom. The van der Waals surface area contributed by atoms with Gasteiger partial charge in [0.1, 0.15) is 0 Å². The first-order chi connectivity index (χ1) is 14.6. The lowest BCUT2D eigenvalue weighted by Crippen LogP contribution is -2.23. The summed E-state index contributed by atoms with van der Waals surface area (Å²) in [6.07, 6.45) is 5.22. The van der Waals surface area contributed by atoms with Crippen LogP contribution in [0.2, 0.25) is 0 Å². The number of benzene rings is 1. The highest BCUT2D eigenvalue weighted by Crippen LogP contribution is 2.30. The molecule has 0 saturated heterocycles. The molecule has 2 aromatic heterocycles. The van der Waals surface area contributed by atoms with Crippen LogP contribution in [0.5, 0.6) is 0 Å². The highest BCUT2D eigenvalue weighted by molar-refractivity contribution is 6.10. The van der Waals surface area contributed by atoms with Gasteiger partial charge in [0.2, 0.25) is 0 Å². The van der Waals surface area contributed by atoms with Gasteiger partial charge in [-0.15, -0.1) is 0 Å². The molecule has 2 heterocycles. The van der Waals surface area contributed by atoms with E-state index in [2.05, 4.69) is 42.7 Å². The number of nitrogens with one attached hydrogen (secondary N) is 2. The Morgan fingerprint density at radius 2 is 1.13 bits per heavy atom. The number of hydrogen-bond acceptors (Lipinski definition) is 6. The molecule has 0 radical (unpaired) electrons. The molecule has 30 heavy (non-hydrogen) atoms. The zero-order valence-electron chi connectivity index (χ0n) is 16.8. The summed E-state index contributed by atoms with van der Waals surface area (Å²) in [5.41, 5.74) is 25.1. The second-order valence-corrected chi connectivity index (χ2v) is 6.75. The molecular weight excluding hydrogens is 380 g/mol. The Balaban J connectivity index is 1.76. The maximum atomic E-state index is 5.35. The monoisotopic (exact) mass is 408 g/mol. The normalized spacial score (nSPS) is 10.7. The number of pyridine rings is 2. The van der Waals surface area contributed by atoms with Gasteiger partial charge in [-0.1, -0.05) is 0 Å². The van der Waals surface area contributed by atoms with Crippen molar-refractivity contribution in [3.63, 3.8) is 0 Å². The second-order valence-electron chi connectivity index (χ2n) is 6.75. The van der Waals surface area contributed by atoms with Crippen LogP contribution < -0.4 is 33.6 Å². The molecule has 10 heteroatoms. The minimum atomic E-state index is 0.113. The number of nitrogens with zero attached hydrogens (tertiary/aromatic N) is 4. The second kappa shape index (κ2) is 10.1. The highest BCUT2D eigenvalue weighted by atomic mass is 15.0. The molecule has 158 valence electrons. The van der Waals surface area contributed by atoms with Gasteiger partial charge in [-0.05, 0) is 37.1 Å². The van der Waals surface area contributed by atoms with Gasteiger partial charge in [0, 0.05) is 60.7 Å².